The third-order valence-electron chi connectivity index (χ3n) is 2.41. The Hall–Kier alpha value is -1.64. The zero-order chi connectivity index (χ0) is 11.5. The molecule has 3 nitrogen and oxygen atoms in total. The second kappa shape index (κ2) is 4.47. The normalized spacial score (nSPS) is 19.8. The van der Waals surface area contributed by atoms with E-state index in [1.807, 2.05) is 30.3 Å². The summed E-state index contributed by atoms with van der Waals surface area (Å²) in [5.41, 5.74) is 1.48. The summed E-state index contributed by atoms with van der Waals surface area (Å²) >= 11 is 0. The van der Waals surface area contributed by atoms with Gasteiger partial charge in [-0.1, -0.05) is 44.2 Å². The number of carbonyl (C=O) groups is 1. The van der Waals surface area contributed by atoms with Crippen LogP contribution in [0.15, 0.2) is 35.3 Å². The molecule has 2 rings (SSSR count). The zero-order valence-electron chi connectivity index (χ0n) is 9.51. The van der Waals surface area contributed by atoms with E-state index in [1.54, 1.807) is 0 Å². The Morgan fingerprint density at radius 2 is 2.00 bits per heavy atom. The number of cyclic esters (lactones) is 1. The number of carbonyl (C=O) groups excluding carboxylic acids is 1. The van der Waals surface area contributed by atoms with Crippen LogP contribution >= 0.6 is 0 Å². The lowest BCUT2D eigenvalue weighted by Crippen LogP contribution is -2.12. The maximum absolute atomic E-state index is 11.5. The monoisotopic (exact) mass is 217 g/mol. The van der Waals surface area contributed by atoms with Gasteiger partial charge in [0.15, 0.2) is 0 Å². The lowest BCUT2D eigenvalue weighted by molar-refractivity contribution is -0.138. The minimum Gasteiger partial charge on any atom is -0.431 e. The summed E-state index contributed by atoms with van der Waals surface area (Å²) in [5, 5.41) is 0. The quantitative estimate of drug-likeness (QED) is 0.730. The molecule has 0 N–H and O–H groups in total. The molecular formula is C13H15NO2. The van der Waals surface area contributed by atoms with Gasteiger partial charge in [0.05, 0.1) is 0 Å². The van der Waals surface area contributed by atoms with Gasteiger partial charge < -0.3 is 4.74 Å². The van der Waals surface area contributed by atoms with Crippen LogP contribution in [0.3, 0.4) is 0 Å². The summed E-state index contributed by atoms with van der Waals surface area (Å²) < 4.78 is 5.22. The van der Waals surface area contributed by atoms with Crippen molar-refractivity contribution >= 4 is 11.7 Å². The molecule has 0 spiro atoms. The molecule has 1 aromatic rings. The largest absolute Gasteiger partial charge is 0.431 e. The molecule has 16 heavy (non-hydrogen) atoms. The van der Waals surface area contributed by atoms with Gasteiger partial charge in [-0.05, 0) is 12.3 Å². The molecule has 0 saturated heterocycles. The highest BCUT2D eigenvalue weighted by molar-refractivity contribution is 6.37. The molecule has 84 valence electrons. The van der Waals surface area contributed by atoms with Crippen LogP contribution in [-0.4, -0.2) is 11.7 Å². The number of hydrogen-bond donors (Lipinski definition) is 0. The molecule has 0 bridgehead atoms. The van der Waals surface area contributed by atoms with E-state index in [2.05, 4.69) is 18.8 Å². The highest BCUT2D eigenvalue weighted by atomic mass is 16.6. The van der Waals surface area contributed by atoms with Crippen molar-refractivity contribution in [2.24, 2.45) is 10.9 Å². The number of ether oxygens (including phenoxy) is 1. The molecule has 0 aromatic heterocycles. The van der Waals surface area contributed by atoms with Crippen LogP contribution in [-0.2, 0) is 9.53 Å². The molecule has 0 fully saturated rings. The first-order valence-electron chi connectivity index (χ1n) is 5.49. The van der Waals surface area contributed by atoms with Crippen molar-refractivity contribution in [2.45, 2.75) is 26.5 Å². The Bertz CT molecular complexity index is 409. The van der Waals surface area contributed by atoms with Gasteiger partial charge in [-0.2, -0.15) is 0 Å². The van der Waals surface area contributed by atoms with Crippen LogP contribution in [0.1, 0.15) is 32.1 Å². The van der Waals surface area contributed by atoms with Crippen LogP contribution in [0, 0.1) is 5.92 Å². The van der Waals surface area contributed by atoms with Crippen molar-refractivity contribution in [3.05, 3.63) is 35.9 Å². The van der Waals surface area contributed by atoms with Gasteiger partial charge in [-0.3, -0.25) is 0 Å². The van der Waals surface area contributed by atoms with Gasteiger partial charge in [-0.25, -0.2) is 9.79 Å². The van der Waals surface area contributed by atoms with Crippen LogP contribution in [0.2, 0.25) is 0 Å². The molecule has 0 aliphatic carbocycles. The van der Waals surface area contributed by atoms with Gasteiger partial charge >= 0.3 is 5.97 Å². The van der Waals surface area contributed by atoms with Gasteiger partial charge in [0.1, 0.15) is 5.71 Å². The molecule has 0 radical (unpaired) electrons. The van der Waals surface area contributed by atoms with E-state index >= 15 is 0 Å². The summed E-state index contributed by atoms with van der Waals surface area (Å²) in [4.78, 5) is 15.9. The average molecular weight is 217 g/mol. The van der Waals surface area contributed by atoms with E-state index < -0.39 is 6.23 Å². The molecule has 0 saturated carbocycles. The Morgan fingerprint density at radius 1 is 1.31 bits per heavy atom. The topological polar surface area (TPSA) is 38.7 Å². The molecular weight excluding hydrogens is 202 g/mol. The van der Waals surface area contributed by atoms with Gasteiger partial charge in [0, 0.05) is 5.56 Å². The van der Waals surface area contributed by atoms with E-state index in [4.69, 9.17) is 4.74 Å². The standard InChI is InChI=1S/C13H15NO2/c1-9(2)8-11-13(15)16-12(14-11)10-6-4-3-5-7-10/h3-7,9,12H,8H2,1-2H3/t12-/m0/s1. The first-order valence-corrected chi connectivity index (χ1v) is 5.49. The van der Waals surface area contributed by atoms with Crippen molar-refractivity contribution in [1.82, 2.24) is 0 Å². The minimum absolute atomic E-state index is 0.275. The third-order valence-corrected chi connectivity index (χ3v) is 2.41. The van der Waals surface area contributed by atoms with Gasteiger partial charge in [-0.15, -0.1) is 0 Å². The van der Waals surface area contributed by atoms with Crippen molar-refractivity contribution < 1.29 is 9.53 Å². The van der Waals surface area contributed by atoms with E-state index in [-0.39, 0.29) is 5.97 Å². The molecule has 1 atom stereocenters. The predicted molar refractivity (Wildman–Crippen MR) is 62.2 cm³/mol. The SMILES string of the molecule is CC(C)CC1=N[C@H](c2ccccc2)OC1=O. The first kappa shape index (κ1) is 10.9. The number of hydrogen-bond acceptors (Lipinski definition) is 3. The average Bonchev–Trinajstić information content (AvgIpc) is 2.61. The number of benzene rings is 1. The van der Waals surface area contributed by atoms with Crippen LogP contribution in [0.25, 0.3) is 0 Å². The molecule has 0 unspecified atom stereocenters. The van der Waals surface area contributed by atoms with Crippen molar-refractivity contribution in [1.29, 1.82) is 0 Å². The Morgan fingerprint density at radius 3 is 2.62 bits per heavy atom. The summed E-state index contributed by atoms with van der Waals surface area (Å²) in [7, 11) is 0. The van der Waals surface area contributed by atoms with Crippen molar-refractivity contribution in [3.63, 3.8) is 0 Å². The second-order valence-corrected chi connectivity index (χ2v) is 4.34. The van der Waals surface area contributed by atoms with Gasteiger partial charge in [0.25, 0.3) is 0 Å². The van der Waals surface area contributed by atoms with E-state index in [0.717, 1.165) is 5.56 Å². The molecule has 1 aliphatic rings. The predicted octanol–water partition coefficient (Wildman–Crippen LogP) is 2.73. The van der Waals surface area contributed by atoms with E-state index in [9.17, 15) is 4.79 Å². The minimum atomic E-state index is -0.442. The van der Waals surface area contributed by atoms with Crippen LogP contribution < -0.4 is 0 Å². The zero-order valence-corrected chi connectivity index (χ0v) is 9.51. The van der Waals surface area contributed by atoms with Gasteiger partial charge in [0.2, 0.25) is 6.23 Å². The maximum Gasteiger partial charge on any atom is 0.354 e. The highest BCUT2D eigenvalue weighted by Gasteiger charge is 2.28. The molecule has 1 aliphatic heterocycles. The van der Waals surface area contributed by atoms with Crippen LogP contribution in [0.5, 0.6) is 0 Å². The second-order valence-electron chi connectivity index (χ2n) is 4.34. The Balaban J connectivity index is 2.16. The Kier molecular flexibility index (Phi) is 3.04. The summed E-state index contributed by atoms with van der Waals surface area (Å²) in [5.74, 6) is 0.142. The lowest BCUT2D eigenvalue weighted by atomic mass is 10.1. The number of nitrogens with zero attached hydrogens (tertiary/aromatic N) is 1. The highest BCUT2D eigenvalue weighted by Crippen LogP contribution is 2.25. The lowest BCUT2D eigenvalue weighted by Gasteiger charge is -2.05. The van der Waals surface area contributed by atoms with Crippen LogP contribution in [0.4, 0.5) is 0 Å². The smallest absolute Gasteiger partial charge is 0.354 e. The fourth-order valence-corrected chi connectivity index (χ4v) is 1.67. The van der Waals surface area contributed by atoms with Crippen molar-refractivity contribution in [3.8, 4) is 0 Å². The number of rotatable bonds is 3. The van der Waals surface area contributed by atoms with E-state index in [1.165, 1.54) is 0 Å². The third kappa shape index (κ3) is 2.30. The molecule has 1 aromatic carbocycles. The molecule has 3 heteroatoms. The fourth-order valence-electron chi connectivity index (χ4n) is 1.67. The summed E-state index contributed by atoms with van der Waals surface area (Å²) in [6, 6.07) is 9.59. The van der Waals surface area contributed by atoms with Crippen molar-refractivity contribution in [2.75, 3.05) is 0 Å². The van der Waals surface area contributed by atoms with E-state index in [0.29, 0.717) is 18.1 Å². The first-order chi connectivity index (χ1) is 7.66. The molecule has 1 heterocycles. The maximum atomic E-state index is 11.5. The molecule has 0 amide bonds. The summed E-state index contributed by atoms with van der Waals surface area (Å²) in [6.45, 7) is 4.12. The number of aliphatic imine (C=N–C) groups is 1. The fraction of sp³-hybridized carbons (Fsp3) is 0.385. The number of esters is 1. The Labute approximate surface area is 95.2 Å². The summed E-state index contributed by atoms with van der Waals surface area (Å²) in [6.07, 6.45) is 0.241.